The zero-order valence-corrected chi connectivity index (χ0v) is 27.0. The van der Waals surface area contributed by atoms with E-state index in [9.17, 15) is 0 Å². The molecule has 0 aliphatic carbocycles. The van der Waals surface area contributed by atoms with E-state index in [4.69, 9.17) is 15.0 Å². The van der Waals surface area contributed by atoms with Crippen LogP contribution in [0.25, 0.3) is 72.8 Å². The molecule has 5 nitrogen and oxygen atoms in total. The van der Waals surface area contributed by atoms with Gasteiger partial charge in [0.05, 0.1) is 22.4 Å². The maximum Gasteiger partial charge on any atom is 0.238 e. The molecule has 7 aromatic carbocycles. The number of fused-ring (bicyclic) bond motifs is 8. The number of nitrogens with zero attached hydrogens (tertiary/aromatic N) is 5. The predicted octanol–water partition coefficient (Wildman–Crippen LogP) is 11.4. The van der Waals surface area contributed by atoms with Gasteiger partial charge in [0.15, 0.2) is 11.6 Å². The van der Waals surface area contributed by atoms with Crippen molar-refractivity contribution in [2.75, 3.05) is 4.90 Å². The molecule has 9 aromatic rings. The first-order chi connectivity index (χ1) is 24.8. The van der Waals surface area contributed by atoms with Crippen molar-refractivity contribution in [3.63, 3.8) is 0 Å². The van der Waals surface area contributed by atoms with E-state index in [0.29, 0.717) is 17.6 Å². The Morgan fingerprint density at radius 3 is 1.58 bits per heavy atom. The van der Waals surface area contributed by atoms with Gasteiger partial charge in [-0.1, -0.05) is 140 Å². The van der Waals surface area contributed by atoms with E-state index in [1.165, 1.54) is 16.7 Å². The Kier molecular flexibility index (Phi) is 6.42. The van der Waals surface area contributed by atoms with Crippen LogP contribution >= 0.6 is 0 Å². The Labute approximate surface area is 289 Å². The molecule has 2 aromatic heterocycles. The van der Waals surface area contributed by atoms with Gasteiger partial charge in [0, 0.05) is 38.7 Å². The zero-order chi connectivity index (χ0) is 33.0. The van der Waals surface area contributed by atoms with Crippen LogP contribution in [-0.2, 0) is 0 Å². The van der Waals surface area contributed by atoms with E-state index in [1.54, 1.807) is 0 Å². The average molecular weight is 640 g/mol. The summed E-state index contributed by atoms with van der Waals surface area (Å²) >= 11 is 0. The summed E-state index contributed by atoms with van der Waals surface area (Å²) in [5, 5.41) is 2.26. The van der Waals surface area contributed by atoms with E-state index in [-0.39, 0.29) is 0 Å². The van der Waals surface area contributed by atoms with Crippen LogP contribution in [0, 0.1) is 0 Å². The first kappa shape index (κ1) is 28.2. The van der Waals surface area contributed by atoms with Crippen molar-refractivity contribution in [2.45, 2.75) is 0 Å². The molecule has 10 rings (SSSR count). The summed E-state index contributed by atoms with van der Waals surface area (Å²) in [4.78, 5) is 17.7. The highest BCUT2D eigenvalue weighted by Crippen LogP contribution is 2.52. The molecule has 0 fully saturated rings. The van der Waals surface area contributed by atoms with Crippen LogP contribution < -0.4 is 4.90 Å². The molecule has 3 heterocycles. The van der Waals surface area contributed by atoms with Crippen LogP contribution in [0.15, 0.2) is 176 Å². The molecule has 0 N–H and O–H groups in total. The number of hydrogen-bond acceptors (Lipinski definition) is 4. The maximum atomic E-state index is 5.17. The Hall–Kier alpha value is -6.85. The van der Waals surface area contributed by atoms with Crippen LogP contribution in [0.3, 0.4) is 0 Å². The van der Waals surface area contributed by atoms with Gasteiger partial charge >= 0.3 is 0 Å². The highest BCUT2D eigenvalue weighted by molar-refractivity contribution is 6.14. The summed E-state index contributed by atoms with van der Waals surface area (Å²) in [7, 11) is 0. The summed E-state index contributed by atoms with van der Waals surface area (Å²) in [5.74, 6) is 1.84. The number of aromatic nitrogens is 4. The van der Waals surface area contributed by atoms with E-state index in [0.717, 1.165) is 55.6 Å². The number of hydrogen-bond donors (Lipinski definition) is 0. The normalized spacial score (nSPS) is 12.0. The topological polar surface area (TPSA) is 46.8 Å². The number of benzene rings is 7. The SMILES string of the molecule is c1ccc(-c2nc(-c3ccccc3)nc(-n3c4ccccc4c4cc5c(cc43)-c3ccccc3-c3ccccc3N5c3ccccc3)n2)cc1. The lowest BCUT2D eigenvalue weighted by atomic mass is 9.94. The molecular weight excluding hydrogens is 611 g/mol. The highest BCUT2D eigenvalue weighted by atomic mass is 15.2. The third-order valence-corrected chi connectivity index (χ3v) is 9.59. The van der Waals surface area contributed by atoms with E-state index in [1.807, 2.05) is 60.7 Å². The van der Waals surface area contributed by atoms with Gasteiger partial charge in [0.2, 0.25) is 5.95 Å². The molecule has 0 unspecified atom stereocenters. The first-order valence-electron chi connectivity index (χ1n) is 16.8. The lowest BCUT2D eigenvalue weighted by Gasteiger charge is -2.27. The molecule has 0 atom stereocenters. The van der Waals surface area contributed by atoms with Gasteiger partial charge in [-0.2, -0.15) is 9.97 Å². The van der Waals surface area contributed by atoms with E-state index < -0.39 is 0 Å². The van der Waals surface area contributed by atoms with Gasteiger partial charge in [-0.25, -0.2) is 4.98 Å². The van der Waals surface area contributed by atoms with Gasteiger partial charge in [-0.05, 0) is 47.5 Å². The summed E-state index contributed by atoms with van der Waals surface area (Å²) in [6, 6.07) is 61.6. The van der Waals surface area contributed by atoms with Crippen molar-refractivity contribution < 1.29 is 0 Å². The number of rotatable bonds is 4. The average Bonchev–Trinajstić information content (AvgIpc) is 3.46. The third kappa shape index (κ3) is 4.45. The predicted molar refractivity (Wildman–Crippen MR) is 204 cm³/mol. The second-order valence-corrected chi connectivity index (χ2v) is 12.5. The van der Waals surface area contributed by atoms with Gasteiger partial charge < -0.3 is 4.90 Å². The fraction of sp³-hybridized carbons (Fsp3) is 0. The Balaban J connectivity index is 1.32. The summed E-state index contributed by atoms with van der Waals surface area (Å²) in [6.07, 6.45) is 0. The molecular formula is C45H29N5. The monoisotopic (exact) mass is 639 g/mol. The van der Waals surface area contributed by atoms with Crippen LogP contribution in [-0.4, -0.2) is 19.5 Å². The third-order valence-electron chi connectivity index (χ3n) is 9.59. The van der Waals surface area contributed by atoms with E-state index in [2.05, 4.69) is 125 Å². The molecule has 0 spiro atoms. The fourth-order valence-electron chi connectivity index (χ4n) is 7.35. The largest absolute Gasteiger partial charge is 0.309 e. The van der Waals surface area contributed by atoms with Crippen LogP contribution in [0.4, 0.5) is 17.1 Å². The Bertz CT molecular complexity index is 2640. The standard InChI is InChI=1S/C45H29N5/c1-4-16-30(17-5-1)43-46-44(31-18-6-2-7-19-31)48-45(47-43)50-40-27-15-13-25-36(40)38-29-41-37(28-42(38)50)34-23-11-10-22-33(34)35-24-12-14-26-39(35)49(41)32-20-8-3-9-21-32/h1-29H. The lowest BCUT2D eigenvalue weighted by molar-refractivity contribution is 0.953. The maximum absolute atomic E-state index is 5.17. The summed E-state index contributed by atoms with van der Waals surface area (Å²) in [5.41, 5.74) is 12.0. The molecule has 0 saturated carbocycles. The number of anilines is 3. The van der Waals surface area contributed by atoms with Gasteiger partial charge in [-0.15, -0.1) is 0 Å². The highest BCUT2D eigenvalue weighted by Gasteiger charge is 2.28. The van der Waals surface area contributed by atoms with Crippen molar-refractivity contribution in [1.29, 1.82) is 0 Å². The molecule has 5 heteroatoms. The van der Waals surface area contributed by atoms with Crippen molar-refractivity contribution in [3.8, 4) is 51.0 Å². The summed E-state index contributed by atoms with van der Waals surface area (Å²) in [6.45, 7) is 0. The van der Waals surface area contributed by atoms with E-state index >= 15 is 0 Å². The van der Waals surface area contributed by atoms with Crippen molar-refractivity contribution in [2.24, 2.45) is 0 Å². The minimum atomic E-state index is 0.578. The van der Waals surface area contributed by atoms with Crippen LogP contribution in [0.5, 0.6) is 0 Å². The second kappa shape index (κ2) is 11.4. The van der Waals surface area contributed by atoms with Gasteiger partial charge in [0.1, 0.15) is 0 Å². The summed E-state index contributed by atoms with van der Waals surface area (Å²) < 4.78 is 2.21. The Morgan fingerprint density at radius 2 is 0.900 bits per heavy atom. The Morgan fingerprint density at radius 1 is 0.360 bits per heavy atom. The van der Waals surface area contributed by atoms with Crippen molar-refractivity contribution in [3.05, 3.63) is 176 Å². The fourth-order valence-corrected chi connectivity index (χ4v) is 7.35. The van der Waals surface area contributed by atoms with Crippen LogP contribution in [0.1, 0.15) is 0 Å². The first-order valence-corrected chi connectivity index (χ1v) is 16.8. The molecule has 0 amide bonds. The minimum absolute atomic E-state index is 0.578. The van der Waals surface area contributed by atoms with Crippen molar-refractivity contribution in [1.82, 2.24) is 19.5 Å². The zero-order valence-electron chi connectivity index (χ0n) is 27.0. The molecule has 234 valence electrons. The molecule has 1 aliphatic heterocycles. The lowest BCUT2D eigenvalue weighted by Crippen LogP contribution is -2.11. The molecule has 0 bridgehead atoms. The van der Waals surface area contributed by atoms with Gasteiger partial charge in [0.25, 0.3) is 0 Å². The van der Waals surface area contributed by atoms with Gasteiger partial charge in [-0.3, -0.25) is 4.57 Å². The van der Waals surface area contributed by atoms with Crippen LogP contribution in [0.2, 0.25) is 0 Å². The molecule has 0 radical (unpaired) electrons. The molecule has 0 saturated heterocycles. The molecule has 50 heavy (non-hydrogen) atoms. The number of para-hydroxylation sites is 3. The smallest absolute Gasteiger partial charge is 0.238 e. The second-order valence-electron chi connectivity index (χ2n) is 12.5. The molecule has 1 aliphatic rings. The van der Waals surface area contributed by atoms with Crippen molar-refractivity contribution >= 4 is 38.9 Å². The minimum Gasteiger partial charge on any atom is -0.309 e. The quantitative estimate of drug-likeness (QED) is 0.192.